The molecule has 0 spiro atoms. The molecule has 0 saturated heterocycles. The van der Waals surface area contributed by atoms with Gasteiger partial charge in [0.2, 0.25) is 10.0 Å². The van der Waals surface area contributed by atoms with Gasteiger partial charge in [-0.2, -0.15) is 11.3 Å². The SMILES string of the molecule is CSc1nc(C(=O)N2CCc3c(cnc(C)c3CNS(=O)(=O)c3ccsc3)C2)cs1. The second-order valence-electron chi connectivity index (χ2n) is 6.79. The number of fused-ring (bicyclic) bond motifs is 1. The molecular weight excluding hydrogens is 461 g/mol. The first-order valence-electron chi connectivity index (χ1n) is 9.16. The summed E-state index contributed by atoms with van der Waals surface area (Å²) in [4.78, 5) is 23.7. The number of carbonyl (C=O) groups is 1. The van der Waals surface area contributed by atoms with Gasteiger partial charge >= 0.3 is 0 Å². The third kappa shape index (κ3) is 4.30. The highest BCUT2D eigenvalue weighted by atomic mass is 32.2. The van der Waals surface area contributed by atoms with Gasteiger partial charge in [0.15, 0.2) is 0 Å². The highest BCUT2D eigenvalue weighted by molar-refractivity contribution is 8.00. The van der Waals surface area contributed by atoms with E-state index in [1.807, 2.05) is 13.2 Å². The molecule has 1 aliphatic heterocycles. The number of aryl methyl sites for hydroxylation is 1. The Kier molecular flexibility index (Phi) is 6.26. The predicted octanol–water partition coefficient (Wildman–Crippen LogP) is 3.31. The Morgan fingerprint density at radius 3 is 2.90 bits per heavy atom. The van der Waals surface area contributed by atoms with E-state index in [1.165, 1.54) is 34.4 Å². The fourth-order valence-corrected chi connectivity index (χ4v) is 6.66. The number of amides is 1. The molecule has 0 aromatic carbocycles. The zero-order valence-electron chi connectivity index (χ0n) is 16.4. The van der Waals surface area contributed by atoms with E-state index >= 15 is 0 Å². The molecule has 0 saturated carbocycles. The van der Waals surface area contributed by atoms with Crippen LogP contribution in [0, 0.1) is 6.92 Å². The Bertz CT molecular complexity index is 1170. The van der Waals surface area contributed by atoms with Gasteiger partial charge in [0, 0.05) is 42.3 Å². The Morgan fingerprint density at radius 2 is 2.20 bits per heavy atom. The van der Waals surface area contributed by atoms with Crippen LogP contribution in [0.1, 0.15) is 32.9 Å². The smallest absolute Gasteiger partial charge is 0.273 e. The predicted molar refractivity (Wildman–Crippen MR) is 120 cm³/mol. The van der Waals surface area contributed by atoms with E-state index in [1.54, 1.807) is 33.3 Å². The van der Waals surface area contributed by atoms with Crippen LogP contribution in [0.4, 0.5) is 0 Å². The molecule has 1 aliphatic rings. The van der Waals surface area contributed by atoms with E-state index in [0.29, 0.717) is 25.2 Å². The van der Waals surface area contributed by atoms with Crippen LogP contribution >= 0.6 is 34.4 Å². The first kappa shape index (κ1) is 21.4. The number of thiazole rings is 1. The Morgan fingerprint density at radius 1 is 1.37 bits per heavy atom. The topological polar surface area (TPSA) is 92.3 Å². The zero-order chi connectivity index (χ0) is 21.3. The quantitative estimate of drug-likeness (QED) is 0.544. The lowest BCUT2D eigenvalue weighted by atomic mass is 9.95. The number of thiophene rings is 1. The number of rotatable bonds is 6. The first-order valence-corrected chi connectivity index (χ1v) is 13.7. The first-order chi connectivity index (χ1) is 14.4. The highest BCUT2D eigenvalue weighted by Crippen LogP contribution is 2.27. The lowest BCUT2D eigenvalue weighted by Crippen LogP contribution is -2.37. The highest BCUT2D eigenvalue weighted by Gasteiger charge is 2.26. The maximum Gasteiger partial charge on any atom is 0.273 e. The summed E-state index contributed by atoms with van der Waals surface area (Å²) in [7, 11) is -3.56. The van der Waals surface area contributed by atoms with Crippen molar-refractivity contribution >= 4 is 50.4 Å². The molecule has 30 heavy (non-hydrogen) atoms. The molecule has 0 aliphatic carbocycles. The van der Waals surface area contributed by atoms with Crippen LogP contribution in [0.25, 0.3) is 0 Å². The Balaban J connectivity index is 1.53. The van der Waals surface area contributed by atoms with Crippen molar-refractivity contribution in [1.29, 1.82) is 0 Å². The van der Waals surface area contributed by atoms with Gasteiger partial charge in [-0.05, 0) is 47.7 Å². The van der Waals surface area contributed by atoms with Crippen LogP contribution in [-0.4, -0.2) is 42.0 Å². The van der Waals surface area contributed by atoms with Crippen LogP contribution in [0.2, 0.25) is 0 Å². The van der Waals surface area contributed by atoms with E-state index in [9.17, 15) is 13.2 Å². The largest absolute Gasteiger partial charge is 0.333 e. The molecule has 4 rings (SSSR count). The van der Waals surface area contributed by atoms with Crippen LogP contribution in [-0.2, 0) is 29.5 Å². The van der Waals surface area contributed by atoms with Gasteiger partial charge in [0.25, 0.3) is 5.91 Å². The van der Waals surface area contributed by atoms with Gasteiger partial charge in [0.1, 0.15) is 10.0 Å². The fourth-order valence-electron chi connectivity index (χ4n) is 3.40. The Labute approximate surface area is 187 Å². The summed E-state index contributed by atoms with van der Waals surface area (Å²) in [6.45, 7) is 3.06. The molecule has 0 atom stereocenters. The summed E-state index contributed by atoms with van der Waals surface area (Å²) in [5.74, 6) is -0.0857. The van der Waals surface area contributed by atoms with Gasteiger partial charge in [0.05, 0.1) is 4.90 Å². The average Bonchev–Trinajstić information content (AvgIpc) is 3.44. The average molecular weight is 481 g/mol. The summed E-state index contributed by atoms with van der Waals surface area (Å²) >= 11 is 4.33. The van der Waals surface area contributed by atoms with Gasteiger partial charge in [-0.1, -0.05) is 11.8 Å². The number of hydrogen-bond acceptors (Lipinski definition) is 8. The van der Waals surface area contributed by atoms with E-state index in [2.05, 4.69) is 14.7 Å². The normalized spacial score (nSPS) is 14.0. The summed E-state index contributed by atoms with van der Waals surface area (Å²) in [5, 5.41) is 5.14. The van der Waals surface area contributed by atoms with Crippen molar-refractivity contribution in [3.05, 3.63) is 56.5 Å². The summed E-state index contributed by atoms with van der Waals surface area (Å²) in [5.41, 5.74) is 4.17. The van der Waals surface area contributed by atoms with Gasteiger partial charge in [-0.15, -0.1) is 11.3 Å². The van der Waals surface area contributed by atoms with E-state index < -0.39 is 10.0 Å². The van der Waals surface area contributed by atoms with E-state index in [-0.39, 0.29) is 17.3 Å². The molecule has 3 aromatic rings. The molecule has 0 unspecified atom stereocenters. The van der Waals surface area contributed by atoms with Crippen LogP contribution in [0.3, 0.4) is 0 Å². The minimum Gasteiger partial charge on any atom is -0.333 e. The van der Waals surface area contributed by atoms with E-state index in [0.717, 1.165) is 26.7 Å². The molecule has 1 N–H and O–H groups in total. The molecule has 0 fully saturated rings. The third-order valence-electron chi connectivity index (χ3n) is 5.00. The summed E-state index contributed by atoms with van der Waals surface area (Å²) in [6, 6.07) is 1.59. The lowest BCUT2D eigenvalue weighted by Gasteiger charge is -2.30. The minimum atomic E-state index is -3.56. The number of carbonyl (C=O) groups excluding carboxylic acids is 1. The second-order valence-corrected chi connectivity index (χ2v) is 11.2. The maximum atomic E-state index is 12.8. The molecule has 0 radical (unpaired) electrons. The molecule has 1 amide bonds. The van der Waals surface area contributed by atoms with Crippen molar-refractivity contribution < 1.29 is 13.2 Å². The summed E-state index contributed by atoms with van der Waals surface area (Å²) < 4.78 is 28.5. The van der Waals surface area contributed by atoms with Crippen LogP contribution in [0.5, 0.6) is 0 Å². The molecule has 3 aromatic heterocycles. The third-order valence-corrected chi connectivity index (χ3v) is 9.10. The molecule has 0 bridgehead atoms. The number of thioether (sulfide) groups is 1. The molecular formula is C19H20N4O3S4. The molecule has 158 valence electrons. The van der Waals surface area contributed by atoms with Gasteiger partial charge in [-0.25, -0.2) is 18.1 Å². The van der Waals surface area contributed by atoms with Crippen molar-refractivity contribution in [3.63, 3.8) is 0 Å². The zero-order valence-corrected chi connectivity index (χ0v) is 19.7. The van der Waals surface area contributed by atoms with Gasteiger partial charge in [-0.3, -0.25) is 9.78 Å². The van der Waals surface area contributed by atoms with E-state index in [4.69, 9.17) is 0 Å². The van der Waals surface area contributed by atoms with Crippen LogP contribution < -0.4 is 4.72 Å². The minimum absolute atomic E-state index is 0.0857. The van der Waals surface area contributed by atoms with Crippen molar-refractivity contribution in [3.8, 4) is 0 Å². The van der Waals surface area contributed by atoms with Crippen LogP contribution in [0.15, 0.2) is 37.6 Å². The second kappa shape index (κ2) is 8.75. The van der Waals surface area contributed by atoms with Crippen molar-refractivity contribution in [2.45, 2.75) is 35.7 Å². The number of pyridine rings is 1. The number of hydrogen-bond donors (Lipinski definition) is 1. The monoisotopic (exact) mass is 480 g/mol. The number of sulfonamides is 1. The van der Waals surface area contributed by atoms with Crippen molar-refractivity contribution in [2.75, 3.05) is 12.8 Å². The molecule has 11 heteroatoms. The summed E-state index contributed by atoms with van der Waals surface area (Å²) in [6.07, 6.45) is 4.38. The molecule has 4 heterocycles. The maximum absolute atomic E-state index is 12.8. The number of nitrogens with one attached hydrogen (secondary N) is 1. The number of nitrogens with zero attached hydrogens (tertiary/aromatic N) is 3. The Hall–Kier alpha value is -1.79. The van der Waals surface area contributed by atoms with Gasteiger partial charge < -0.3 is 4.90 Å². The molecule has 7 nitrogen and oxygen atoms in total. The lowest BCUT2D eigenvalue weighted by molar-refractivity contribution is 0.0728. The standard InChI is InChI=1S/C19H20N4O3S4/c1-12-16(8-21-30(25,26)14-4-6-28-10-14)15-3-5-23(9-13(15)7-20-12)18(24)17-11-29-19(22-17)27-2/h4,6-7,10-11,21H,3,5,8-9H2,1-2H3. The number of aromatic nitrogens is 2. The fraction of sp³-hybridized carbons (Fsp3) is 0.316. The van der Waals surface area contributed by atoms with Crippen molar-refractivity contribution in [1.82, 2.24) is 19.6 Å². The van der Waals surface area contributed by atoms with Crippen molar-refractivity contribution in [2.24, 2.45) is 0 Å².